The maximum Gasteiger partial charge on any atom is 0.162 e. The Morgan fingerprint density at radius 3 is 2.52 bits per heavy atom. The van der Waals surface area contributed by atoms with Crippen LogP contribution >= 0.6 is 31.9 Å². The number of aromatic nitrogens is 2. The summed E-state index contributed by atoms with van der Waals surface area (Å²) in [4.78, 5) is 9.17. The average Bonchev–Trinajstić information content (AvgIpc) is 2.42. The number of nitrogens with zero attached hydrogens (tertiary/aromatic N) is 2. The first-order valence-electron chi connectivity index (χ1n) is 6.45. The van der Waals surface area contributed by atoms with Gasteiger partial charge in [0.05, 0.1) is 5.52 Å². The molecule has 0 saturated carbocycles. The van der Waals surface area contributed by atoms with Crippen molar-refractivity contribution < 1.29 is 0 Å². The van der Waals surface area contributed by atoms with Crippen LogP contribution in [0.15, 0.2) is 39.3 Å². The minimum Gasteiger partial charge on any atom is -0.383 e. The molecule has 0 atom stereocenters. The molecule has 3 nitrogen and oxygen atoms in total. The second kappa shape index (κ2) is 5.39. The molecule has 0 spiro atoms. The topological polar surface area (TPSA) is 51.8 Å². The molecule has 0 fully saturated rings. The van der Waals surface area contributed by atoms with Crippen molar-refractivity contribution in [1.82, 2.24) is 9.97 Å². The minimum atomic E-state index is 0.484. The highest BCUT2D eigenvalue weighted by Crippen LogP contribution is 2.32. The Morgan fingerprint density at radius 1 is 1.00 bits per heavy atom. The van der Waals surface area contributed by atoms with Crippen LogP contribution in [-0.4, -0.2) is 9.97 Å². The van der Waals surface area contributed by atoms with Crippen molar-refractivity contribution in [2.45, 2.75) is 13.8 Å². The number of nitrogens with two attached hydrogens (primary N) is 1. The third-order valence-electron chi connectivity index (χ3n) is 3.38. The molecule has 0 saturated heterocycles. The second-order valence-electron chi connectivity index (χ2n) is 5.03. The molecule has 0 amide bonds. The lowest BCUT2D eigenvalue weighted by Crippen LogP contribution is -1.99. The molecule has 0 aliphatic carbocycles. The summed E-state index contributed by atoms with van der Waals surface area (Å²) >= 11 is 7.01. The van der Waals surface area contributed by atoms with Crippen LogP contribution in [-0.2, 0) is 0 Å². The summed E-state index contributed by atoms with van der Waals surface area (Å²) in [6, 6.07) is 10.1. The zero-order chi connectivity index (χ0) is 15.1. The summed E-state index contributed by atoms with van der Waals surface area (Å²) in [5, 5.41) is 0.838. The Morgan fingerprint density at radius 2 is 1.76 bits per heavy atom. The Hall–Kier alpha value is -1.46. The van der Waals surface area contributed by atoms with E-state index in [1.54, 1.807) is 0 Å². The first kappa shape index (κ1) is 14.5. The number of rotatable bonds is 1. The van der Waals surface area contributed by atoms with Crippen molar-refractivity contribution in [3.63, 3.8) is 0 Å². The van der Waals surface area contributed by atoms with Crippen molar-refractivity contribution >= 4 is 48.6 Å². The van der Waals surface area contributed by atoms with Gasteiger partial charge >= 0.3 is 0 Å². The summed E-state index contributed by atoms with van der Waals surface area (Å²) < 4.78 is 1.84. The highest BCUT2D eigenvalue weighted by molar-refractivity contribution is 9.11. The van der Waals surface area contributed by atoms with Crippen LogP contribution < -0.4 is 5.73 Å². The number of hydrogen-bond acceptors (Lipinski definition) is 3. The van der Waals surface area contributed by atoms with E-state index in [9.17, 15) is 0 Å². The molecule has 0 aliphatic rings. The fourth-order valence-corrected chi connectivity index (χ4v) is 3.59. The molecule has 106 valence electrons. The molecule has 0 aliphatic heterocycles. The molecular weight excluding hydrogens is 394 g/mol. The van der Waals surface area contributed by atoms with Crippen LogP contribution in [0.4, 0.5) is 5.82 Å². The third-order valence-corrected chi connectivity index (χ3v) is 4.44. The normalized spacial score (nSPS) is 11.0. The van der Waals surface area contributed by atoms with Crippen molar-refractivity contribution in [2.24, 2.45) is 0 Å². The molecule has 3 rings (SSSR count). The molecule has 1 heterocycles. The second-order valence-corrected chi connectivity index (χ2v) is 6.80. The molecule has 21 heavy (non-hydrogen) atoms. The first-order chi connectivity index (χ1) is 9.95. The molecular formula is C16H13Br2N3. The largest absolute Gasteiger partial charge is 0.383 e. The van der Waals surface area contributed by atoms with Gasteiger partial charge in [0.25, 0.3) is 0 Å². The summed E-state index contributed by atoms with van der Waals surface area (Å²) in [6.45, 7) is 4.11. The van der Waals surface area contributed by atoms with Crippen LogP contribution in [0.3, 0.4) is 0 Å². The quantitative estimate of drug-likeness (QED) is 0.617. The van der Waals surface area contributed by atoms with Crippen LogP contribution in [0.5, 0.6) is 0 Å². The first-order valence-corrected chi connectivity index (χ1v) is 8.04. The highest BCUT2D eigenvalue weighted by atomic mass is 79.9. The van der Waals surface area contributed by atoms with Gasteiger partial charge in [0.1, 0.15) is 5.82 Å². The Balaban J connectivity index is 2.33. The van der Waals surface area contributed by atoms with Gasteiger partial charge < -0.3 is 5.73 Å². The number of hydrogen-bond donors (Lipinski definition) is 1. The fourth-order valence-electron chi connectivity index (χ4n) is 2.28. The van der Waals surface area contributed by atoms with Crippen molar-refractivity contribution in [3.8, 4) is 11.4 Å². The van der Waals surface area contributed by atoms with Crippen LogP contribution in [0.1, 0.15) is 11.1 Å². The Kier molecular flexibility index (Phi) is 3.71. The molecule has 5 heteroatoms. The van der Waals surface area contributed by atoms with E-state index in [2.05, 4.69) is 68.9 Å². The summed E-state index contributed by atoms with van der Waals surface area (Å²) in [6.07, 6.45) is 0. The van der Waals surface area contributed by atoms with E-state index >= 15 is 0 Å². The van der Waals surface area contributed by atoms with Crippen molar-refractivity contribution in [3.05, 3.63) is 50.4 Å². The zero-order valence-electron chi connectivity index (χ0n) is 11.6. The molecule has 0 bridgehead atoms. The number of nitrogen functional groups attached to an aromatic ring is 1. The van der Waals surface area contributed by atoms with Gasteiger partial charge in [0.15, 0.2) is 5.82 Å². The average molecular weight is 407 g/mol. The summed E-state index contributed by atoms with van der Waals surface area (Å²) in [5.74, 6) is 1.14. The van der Waals surface area contributed by atoms with Crippen LogP contribution in [0, 0.1) is 13.8 Å². The van der Waals surface area contributed by atoms with E-state index in [0.29, 0.717) is 11.6 Å². The van der Waals surface area contributed by atoms with Gasteiger partial charge in [-0.05, 0) is 53.5 Å². The van der Waals surface area contributed by atoms with Gasteiger partial charge in [-0.15, -0.1) is 0 Å². The molecule has 0 radical (unpaired) electrons. The molecule has 0 unspecified atom stereocenters. The van der Waals surface area contributed by atoms with Gasteiger partial charge in [-0.25, -0.2) is 9.97 Å². The van der Waals surface area contributed by atoms with E-state index in [1.165, 1.54) is 5.56 Å². The van der Waals surface area contributed by atoms with Crippen LogP contribution in [0.25, 0.3) is 22.3 Å². The maximum atomic E-state index is 6.13. The molecule has 2 N–H and O–H groups in total. The van der Waals surface area contributed by atoms with E-state index in [0.717, 1.165) is 31.0 Å². The number of aryl methyl sites for hydroxylation is 2. The predicted octanol–water partition coefficient (Wildman–Crippen LogP) is 5.02. The number of halogens is 2. The minimum absolute atomic E-state index is 0.484. The fraction of sp³-hybridized carbons (Fsp3) is 0.125. The van der Waals surface area contributed by atoms with E-state index < -0.39 is 0 Å². The third kappa shape index (κ3) is 2.68. The van der Waals surface area contributed by atoms with Gasteiger partial charge in [-0.2, -0.15) is 0 Å². The summed E-state index contributed by atoms with van der Waals surface area (Å²) in [7, 11) is 0. The lowest BCUT2D eigenvalue weighted by molar-refractivity contribution is 1.21. The van der Waals surface area contributed by atoms with Crippen LogP contribution in [0.2, 0.25) is 0 Å². The predicted molar refractivity (Wildman–Crippen MR) is 94.3 cm³/mol. The van der Waals surface area contributed by atoms with E-state index in [4.69, 9.17) is 10.7 Å². The molecule has 1 aromatic heterocycles. The van der Waals surface area contributed by atoms with E-state index in [1.807, 2.05) is 12.1 Å². The van der Waals surface area contributed by atoms with E-state index in [-0.39, 0.29) is 0 Å². The number of fused-ring (bicyclic) bond motifs is 1. The Labute approximate surface area is 139 Å². The standard InChI is InChI=1S/C16H13Br2N3/c1-8-3-4-9(2)11(5-8)16-20-14-12(15(19)21-16)6-10(17)7-13(14)18/h3-7H,1-2H3,(H2,19,20,21). The Bertz CT molecular complexity index is 860. The lowest BCUT2D eigenvalue weighted by atomic mass is 10.0. The lowest BCUT2D eigenvalue weighted by Gasteiger charge is -2.10. The van der Waals surface area contributed by atoms with Gasteiger partial charge in [-0.3, -0.25) is 0 Å². The monoisotopic (exact) mass is 405 g/mol. The molecule has 3 aromatic rings. The van der Waals surface area contributed by atoms with Crippen molar-refractivity contribution in [2.75, 3.05) is 5.73 Å². The summed E-state index contributed by atoms with van der Waals surface area (Å²) in [5.41, 5.74) is 10.3. The SMILES string of the molecule is Cc1ccc(C)c(-c2nc(N)c3cc(Br)cc(Br)c3n2)c1. The van der Waals surface area contributed by atoms with Gasteiger partial charge in [-0.1, -0.05) is 33.6 Å². The van der Waals surface area contributed by atoms with Crippen molar-refractivity contribution in [1.29, 1.82) is 0 Å². The molecule has 2 aromatic carbocycles. The van der Waals surface area contributed by atoms with Gasteiger partial charge in [0.2, 0.25) is 0 Å². The zero-order valence-corrected chi connectivity index (χ0v) is 14.8. The maximum absolute atomic E-state index is 6.13. The van der Waals surface area contributed by atoms with Gasteiger partial charge in [0, 0.05) is 19.9 Å². The smallest absolute Gasteiger partial charge is 0.162 e. The highest BCUT2D eigenvalue weighted by Gasteiger charge is 2.12. The number of benzene rings is 2. The number of anilines is 1.